The highest BCUT2D eigenvalue weighted by molar-refractivity contribution is 7.12. The number of rotatable bonds is 5. The molecule has 0 saturated heterocycles. The summed E-state index contributed by atoms with van der Waals surface area (Å²) in [6.45, 7) is 4.60. The summed E-state index contributed by atoms with van der Waals surface area (Å²) < 4.78 is 13.3. The van der Waals surface area contributed by atoms with Gasteiger partial charge in [0.05, 0.1) is 6.61 Å². The summed E-state index contributed by atoms with van der Waals surface area (Å²) in [5, 5.41) is 12.4. The maximum atomic E-state index is 13.3. The molecule has 0 amide bonds. The van der Waals surface area contributed by atoms with Crippen molar-refractivity contribution in [1.29, 1.82) is 0 Å². The van der Waals surface area contributed by atoms with E-state index in [1.54, 1.807) is 23.5 Å². The molecule has 2 N–H and O–H groups in total. The van der Waals surface area contributed by atoms with E-state index in [9.17, 15) is 4.39 Å². The first kappa shape index (κ1) is 14.2. The number of thiophene rings is 1. The number of aryl methyl sites for hydroxylation is 1. The minimum atomic E-state index is -0.354. The molecule has 0 spiro atoms. The Morgan fingerprint density at radius 1 is 1.32 bits per heavy atom. The highest BCUT2D eigenvalue weighted by Crippen LogP contribution is 2.22. The van der Waals surface area contributed by atoms with Gasteiger partial charge < -0.3 is 10.4 Å². The molecule has 2 rings (SSSR count). The largest absolute Gasteiger partial charge is 0.392 e. The zero-order chi connectivity index (χ0) is 13.8. The first-order valence-corrected chi connectivity index (χ1v) is 7.09. The normalized spacial score (nSPS) is 12.6. The van der Waals surface area contributed by atoms with Gasteiger partial charge >= 0.3 is 0 Å². The van der Waals surface area contributed by atoms with Crippen LogP contribution in [0.15, 0.2) is 30.3 Å². The Morgan fingerprint density at radius 3 is 2.74 bits per heavy atom. The molecule has 1 atom stereocenters. The van der Waals surface area contributed by atoms with Crippen LogP contribution in [0.2, 0.25) is 0 Å². The van der Waals surface area contributed by atoms with Crippen molar-refractivity contribution in [3.05, 3.63) is 57.0 Å². The average molecular weight is 279 g/mol. The predicted molar refractivity (Wildman–Crippen MR) is 76.6 cm³/mol. The molecule has 0 aliphatic heterocycles. The summed E-state index contributed by atoms with van der Waals surface area (Å²) in [4.78, 5) is 2.59. The van der Waals surface area contributed by atoms with Crippen LogP contribution in [0, 0.1) is 12.7 Å². The van der Waals surface area contributed by atoms with E-state index in [4.69, 9.17) is 5.11 Å². The summed E-state index contributed by atoms with van der Waals surface area (Å²) in [6.07, 6.45) is 0. The third-order valence-corrected chi connectivity index (χ3v) is 4.26. The Bertz CT molecular complexity index is 553. The van der Waals surface area contributed by atoms with Gasteiger partial charge in [0.15, 0.2) is 0 Å². The summed E-state index contributed by atoms with van der Waals surface area (Å²) in [5.74, 6) is -0.354. The molecule has 1 heterocycles. The standard InChI is InChI=1S/C15H18FNOS/c1-10-3-6-15(19-10)11(2)17-8-12-4-5-14(16)13(7-12)9-18/h3-7,11,17-18H,8-9H2,1-2H3. The average Bonchev–Trinajstić information content (AvgIpc) is 2.84. The Hall–Kier alpha value is -1.23. The maximum Gasteiger partial charge on any atom is 0.128 e. The topological polar surface area (TPSA) is 32.3 Å². The fraction of sp³-hybridized carbons (Fsp3) is 0.333. The monoisotopic (exact) mass is 279 g/mol. The molecule has 1 aromatic carbocycles. The summed E-state index contributed by atoms with van der Waals surface area (Å²) in [5.41, 5.74) is 1.32. The number of hydrogen-bond donors (Lipinski definition) is 2. The summed E-state index contributed by atoms with van der Waals surface area (Å²) >= 11 is 1.78. The van der Waals surface area contributed by atoms with Gasteiger partial charge in [0.2, 0.25) is 0 Å². The lowest BCUT2D eigenvalue weighted by Gasteiger charge is -2.13. The van der Waals surface area contributed by atoms with E-state index in [0.29, 0.717) is 12.1 Å². The molecule has 19 heavy (non-hydrogen) atoms. The number of aliphatic hydroxyl groups is 1. The molecule has 0 bridgehead atoms. The Kier molecular flexibility index (Phi) is 4.69. The SMILES string of the molecule is Cc1ccc(C(C)NCc2ccc(F)c(CO)c2)s1. The molecule has 0 aliphatic carbocycles. The fourth-order valence-corrected chi connectivity index (χ4v) is 2.82. The first-order chi connectivity index (χ1) is 9.10. The second-order valence-corrected chi connectivity index (χ2v) is 5.95. The van der Waals surface area contributed by atoms with E-state index in [0.717, 1.165) is 5.56 Å². The molecule has 4 heteroatoms. The van der Waals surface area contributed by atoms with E-state index >= 15 is 0 Å². The number of aliphatic hydroxyl groups excluding tert-OH is 1. The minimum Gasteiger partial charge on any atom is -0.392 e. The van der Waals surface area contributed by atoms with Crippen molar-refractivity contribution in [1.82, 2.24) is 5.32 Å². The third-order valence-electron chi connectivity index (χ3n) is 3.08. The molecule has 1 aromatic heterocycles. The van der Waals surface area contributed by atoms with Crippen molar-refractivity contribution in [2.75, 3.05) is 0 Å². The maximum absolute atomic E-state index is 13.3. The lowest BCUT2D eigenvalue weighted by molar-refractivity contribution is 0.275. The molecule has 102 valence electrons. The van der Waals surface area contributed by atoms with Gasteiger partial charge in [0, 0.05) is 27.9 Å². The second kappa shape index (κ2) is 6.28. The van der Waals surface area contributed by atoms with E-state index in [1.807, 2.05) is 0 Å². The fourth-order valence-electron chi connectivity index (χ4n) is 1.92. The molecule has 2 aromatic rings. The zero-order valence-corrected chi connectivity index (χ0v) is 11.9. The number of hydrogen-bond acceptors (Lipinski definition) is 3. The van der Waals surface area contributed by atoms with Gasteiger partial charge in [0.25, 0.3) is 0 Å². The molecule has 0 aliphatic rings. The van der Waals surface area contributed by atoms with Crippen LogP contribution >= 0.6 is 11.3 Å². The van der Waals surface area contributed by atoms with E-state index in [2.05, 4.69) is 31.3 Å². The van der Waals surface area contributed by atoms with Crippen LogP contribution in [0.5, 0.6) is 0 Å². The van der Waals surface area contributed by atoms with Gasteiger partial charge in [-0.25, -0.2) is 4.39 Å². The quantitative estimate of drug-likeness (QED) is 0.877. The smallest absolute Gasteiger partial charge is 0.128 e. The van der Waals surface area contributed by atoms with Crippen molar-refractivity contribution in [3.63, 3.8) is 0 Å². The molecule has 0 saturated carbocycles. The number of nitrogens with one attached hydrogen (secondary N) is 1. The van der Waals surface area contributed by atoms with Crippen molar-refractivity contribution in [3.8, 4) is 0 Å². The van der Waals surface area contributed by atoms with Gasteiger partial charge in [-0.2, -0.15) is 0 Å². The van der Waals surface area contributed by atoms with E-state index < -0.39 is 0 Å². The van der Waals surface area contributed by atoms with Crippen LogP contribution in [-0.2, 0) is 13.2 Å². The first-order valence-electron chi connectivity index (χ1n) is 6.28. The predicted octanol–water partition coefficient (Wildman–Crippen LogP) is 3.54. The highest BCUT2D eigenvalue weighted by atomic mass is 32.1. The minimum absolute atomic E-state index is 0.265. The van der Waals surface area contributed by atoms with Crippen LogP contribution in [-0.4, -0.2) is 5.11 Å². The van der Waals surface area contributed by atoms with Gasteiger partial charge in [-0.05, 0) is 43.7 Å². The number of halogens is 1. The van der Waals surface area contributed by atoms with Gasteiger partial charge in [-0.3, -0.25) is 0 Å². The van der Waals surface area contributed by atoms with E-state index in [1.165, 1.54) is 15.8 Å². The van der Waals surface area contributed by atoms with Crippen LogP contribution in [0.1, 0.15) is 33.8 Å². The highest BCUT2D eigenvalue weighted by Gasteiger charge is 2.08. The van der Waals surface area contributed by atoms with Crippen molar-refractivity contribution < 1.29 is 9.50 Å². The Balaban J connectivity index is 1.98. The zero-order valence-electron chi connectivity index (χ0n) is 11.1. The van der Waals surface area contributed by atoms with Gasteiger partial charge in [-0.15, -0.1) is 11.3 Å². The third kappa shape index (κ3) is 3.62. The summed E-state index contributed by atoms with van der Waals surface area (Å²) in [7, 11) is 0. The van der Waals surface area contributed by atoms with Crippen molar-refractivity contribution >= 4 is 11.3 Å². The van der Waals surface area contributed by atoms with Crippen molar-refractivity contribution in [2.24, 2.45) is 0 Å². The lowest BCUT2D eigenvalue weighted by Crippen LogP contribution is -2.17. The molecule has 0 radical (unpaired) electrons. The molecule has 2 nitrogen and oxygen atoms in total. The van der Waals surface area contributed by atoms with Crippen LogP contribution in [0.4, 0.5) is 4.39 Å². The molecule has 0 fully saturated rings. The molecular weight excluding hydrogens is 261 g/mol. The number of benzene rings is 1. The van der Waals surface area contributed by atoms with Gasteiger partial charge in [-0.1, -0.05) is 6.07 Å². The Morgan fingerprint density at radius 2 is 2.11 bits per heavy atom. The van der Waals surface area contributed by atoms with Crippen LogP contribution in [0.3, 0.4) is 0 Å². The molecule has 1 unspecified atom stereocenters. The van der Waals surface area contributed by atoms with Crippen LogP contribution in [0.25, 0.3) is 0 Å². The second-order valence-electron chi connectivity index (χ2n) is 4.63. The van der Waals surface area contributed by atoms with Gasteiger partial charge in [0.1, 0.15) is 5.82 Å². The van der Waals surface area contributed by atoms with Crippen molar-refractivity contribution in [2.45, 2.75) is 33.0 Å². The molecular formula is C15H18FNOS. The Labute approximate surface area is 116 Å². The lowest BCUT2D eigenvalue weighted by atomic mass is 10.1. The van der Waals surface area contributed by atoms with E-state index in [-0.39, 0.29) is 18.5 Å². The summed E-state index contributed by atoms with van der Waals surface area (Å²) in [6, 6.07) is 9.35. The van der Waals surface area contributed by atoms with Crippen LogP contribution < -0.4 is 5.32 Å².